The average molecular weight is 350 g/mol. The van der Waals surface area contributed by atoms with E-state index >= 15 is 0 Å². The van der Waals surface area contributed by atoms with E-state index in [0.29, 0.717) is 0 Å². The van der Waals surface area contributed by atoms with E-state index in [-0.39, 0.29) is 40.6 Å². The summed E-state index contributed by atoms with van der Waals surface area (Å²) < 4.78 is 0.144. The lowest BCUT2D eigenvalue weighted by Gasteiger charge is -2.15. The molecule has 23 heavy (non-hydrogen) atoms. The quantitative estimate of drug-likeness (QED) is 0.671. The SMILES string of the molecule is Cc1cc(C)c(NC(=O)CSC(=S)N2C(=O)CCC2=O)c(C)c1. The molecular weight excluding hydrogens is 332 g/mol. The minimum atomic E-state index is -0.293. The van der Waals surface area contributed by atoms with Crippen molar-refractivity contribution in [3.63, 3.8) is 0 Å². The molecule has 1 aromatic rings. The van der Waals surface area contributed by atoms with Crippen LogP contribution in [0.4, 0.5) is 5.69 Å². The van der Waals surface area contributed by atoms with Crippen molar-refractivity contribution in [2.75, 3.05) is 11.1 Å². The summed E-state index contributed by atoms with van der Waals surface area (Å²) in [6.07, 6.45) is 0.376. The molecular formula is C16H18N2O3S2. The van der Waals surface area contributed by atoms with Crippen molar-refractivity contribution in [1.29, 1.82) is 0 Å². The topological polar surface area (TPSA) is 66.5 Å². The Morgan fingerprint density at radius 1 is 1.17 bits per heavy atom. The molecule has 0 unspecified atom stereocenters. The molecule has 1 fully saturated rings. The predicted octanol–water partition coefficient (Wildman–Crippen LogP) is 2.72. The summed E-state index contributed by atoms with van der Waals surface area (Å²) in [5.41, 5.74) is 3.92. The second-order valence-corrected chi connectivity index (χ2v) is 7.11. The van der Waals surface area contributed by atoms with E-state index in [4.69, 9.17) is 12.2 Å². The Labute approximate surface area is 144 Å². The Bertz CT molecular complexity index is 662. The van der Waals surface area contributed by atoms with Gasteiger partial charge in [0.25, 0.3) is 0 Å². The lowest BCUT2D eigenvalue weighted by Crippen LogP contribution is -2.33. The molecule has 1 aliphatic rings. The Morgan fingerprint density at radius 3 is 2.22 bits per heavy atom. The first-order valence-corrected chi connectivity index (χ1v) is 8.59. The molecule has 0 spiro atoms. The van der Waals surface area contributed by atoms with Crippen molar-refractivity contribution < 1.29 is 14.4 Å². The number of hydrogen-bond acceptors (Lipinski definition) is 5. The summed E-state index contributed by atoms with van der Waals surface area (Å²) >= 11 is 6.11. The molecule has 1 aliphatic heterocycles. The molecule has 2 rings (SSSR count). The number of nitrogens with one attached hydrogen (secondary N) is 1. The number of carbonyl (C=O) groups excluding carboxylic acids is 3. The van der Waals surface area contributed by atoms with Crippen molar-refractivity contribution in [3.8, 4) is 0 Å². The van der Waals surface area contributed by atoms with Crippen LogP contribution < -0.4 is 5.32 Å². The molecule has 1 heterocycles. The van der Waals surface area contributed by atoms with E-state index in [1.807, 2.05) is 32.9 Å². The highest BCUT2D eigenvalue weighted by Crippen LogP contribution is 2.23. The van der Waals surface area contributed by atoms with Gasteiger partial charge >= 0.3 is 0 Å². The number of carbonyl (C=O) groups is 3. The fourth-order valence-electron chi connectivity index (χ4n) is 2.52. The second kappa shape index (κ2) is 7.23. The predicted molar refractivity (Wildman–Crippen MR) is 95.4 cm³/mol. The van der Waals surface area contributed by atoms with E-state index in [9.17, 15) is 14.4 Å². The van der Waals surface area contributed by atoms with Gasteiger partial charge in [-0.05, 0) is 31.9 Å². The van der Waals surface area contributed by atoms with Gasteiger partial charge in [-0.15, -0.1) is 0 Å². The highest BCUT2D eigenvalue weighted by molar-refractivity contribution is 8.23. The minimum absolute atomic E-state index is 0.0582. The van der Waals surface area contributed by atoms with Crippen molar-refractivity contribution >= 4 is 51.7 Å². The third-order valence-electron chi connectivity index (χ3n) is 3.50. The van der Waals surface area contributed by atoms with E-state index in [0.717, 1.165) is 39.0 Å². The summed E-state index contributed by atoms with van der Waals surface area (Å²) in [5, 5.41) is 2.87. The zero-order chi connectivity index (χ0) is 17.1. The summed E-state index contributed by atoms with van der Waals surface area (Å²) in [6.45, 7) is 5.88. The third kappa shape index (κ3) is 4.17. The van der Waals surface area contributed by atoms with Crippen molar-refractivity contribution in [2.24, 2.45) is 0 Å². The van der Waals surface area contributed by atoms with Crippen LogP contribution in [0.25, 0.3) is 0 Å². The number of amides is 3. The lowest BCUT2D eigenvalue weighted by molar-refractivity contribution is -0.133. The van der Waals surface area contributed by atoms with Gasteiger partial charge in [0, 0.05) is 18.5 Å². The maximum atomic E-state index is 12.1. The number of rotatable bonds is 3. The van der Waals surface area contributed by atoms with Gasteiger partial charge in [-0.3, -0.25) is 14.4 Å². The maximum Gasteiger partial charge on any atom is 0.235 e. The Balaban J connectivity index is 1.95. The van der Waals surface area contributed by atoms with Gasteiger partial charge in [-0.25, -0.2) is 4.90 Å². The molecule has 0 aromatic heterocycles. The van der Waals surface area contributed by atoms with Crippen LogP contribution in [-0.2, 0) is 14.4 Å². The van der Waals surface area contributed by atoms with Crippen LogP contribution in [0.5, 0.6) is 0 Å². The normalized spacial score (nSPS) is 14.3. The Kier molecular flexibility index (Phi) is 5.54. The number of likely N-dealkylation sites (tertiary alicyclic amines) is 1. The highest BCUT2D eigenvalue weighted by Gasteiger charge is 2.32. The monoisotopic (exact) mass is 350 g/mol. The summed E-state index contributed by atoms with van der Waals surface area (Å²) in [5.74, 6) is -0.745. The second-order valence-electron chi connectivity index (χ2n) is 5.50. The Morgan fingerprint density at radius 2 is 1.70 bits per heavy atom. The van der Waals surface area contributed by atoms with Crippen molar-refractivity contribution in [1.82, 2.24) is 4.90 Å². The molecule has 122 valence electrons. The molecule has 5 nitrogen and oxygen atoms in total. The minimum Gasteiger partial charge on any atom is -0.325 e. The first-order valence-electron chi connectivity index (χ1n) is 7.20. The molecule has 1 aromatic carbocycles. The van der Waals surface area contributed by atoms with Crippen LogP contribution in [-0.4, -0.2) is 32.7 Å². The van der Waals surface area contributed by atoms with E-state index in [1.54, 1.807) is 0 Å². The van der Waals surface area contributed by atoms with Crippen molar-refractivity contribution in [2.45, 2.75) is 33.6 Å². The van der Waals surface area contributed by atoms with Gasteiger partial charge in [0.1, 0.15) is 4.32 Å². The molecule has 0 bridgehead atoms. The third-order valence-corrected chi connectivity index (χ3v) is 4.87. The summed E-state index contributed by atoms with van der Waals surface area (Å²) in [7, 11) is 0. The number of thiocarbonyl (C=S) groups is 1. The fraction of sp³-hybridized carbons (Fsp3) is 0.375. The number of aryl methyl sites for hydroxylation is 3. The molecule has 1 N–H and O–H groups in total. The van der Waals surface area contributed by atoms with Crippen molar-refractivity contribution in [3.05, 3.63) is 28.8 Å². The molecule has 0 atom stereocenters. The Hall–Kier alpha value is -1.73. The van der Waals surface area contributed by atoms with Crippen LogP contribution in [0, 0.1) is 20.8 Å². The smallest absolute Gasteiger partial charge is 0.235 e. The number of anilines is 1. The summed E-state index contributed by atoms with van der Waals surface area (Å²) in [4.78, 5) is 36.3. The van der Waals surface area contributed by atoms with Crippen LogP contribution in [0.2, 0.25) is 0 Å². The zero-order valence-electron chi connectivity index (χ0n) is 13.3. The van der Waals surface area contributed by atoms with E-state index < -0.39 is 0 Å². The first kappa shape index (κ1) is 17.6. The molecule has 0 saturated carbocycles. The molecule has 0 radical (unpaired) electrons. The van der Waals surface area contributed by atoms with E-state index in [1.165, 1.54) is 0 Å². The highest BCUT2D eigenvalue weighted by atomic mass is 32.2. The van der Waals surface area contributed by atoms with E-state index in [2.05, 4.69) is 5.32 Å². The molecule has 3 amide bonds. The van der Waals surface area contributed by atoms with Gasteiger partial charge < -0.3 is 5.32 Å². The largest absolute Gasteiger partial charge is 0.325 e. The maximum absolute atomic E-state index is 12.1. The first-order chi connectivity index (χ1) is 10.8. The number of thioether (sulfide) groups is 1. The standard InChI is InChI=1S/C16H18N2O3S2/c1-9-6-10(2)15(11(3)7-9)17-12(19)8-23-16(22)18-13(20)4-5-14(18)21/h6-7H,4-5,8H2,1-3H3,(H,17,19). The zero-order valence-corrected chi connectivity index (χ0v) is 14.9. The van der Waals surface area contributed by atoms with Crippen LogP contribution >= 0.6 is 24.0 Å². The molecule has 7 heteroatoms. The number of hydrogen-bond donors (Lipinski definition) is 1. The molecule has 1 saturated heterocycles. The number of imide groups is 1. The summed E-state index contributed by atoms with van der Waals surface area (Å²) in [6, 6.07) is 4.00. The van der Waals surface area contributed by atoms with Gasteiger partial charge in [0.2, 0.25) is 17.7 Å². The van der Waals surface area contributed by atoms with Gasteiger partial charge in [0.05, 0.1) is 5.75 Å². The lowest BCUT2D eigenvalue weighted by atomic mass is 10.1. The van der Waals surface area contributed by atoms with Crippen LogP contribution in [0.3, 0.4) is 0 Å². The number of benzene rings is 1. The molecule has 0 aliphatic carbocycles. The number of nitrogens with zero attached hydrogens (tertiary/aromatic N) is 1. The van der Waals surface area contributed by atoms with Gasteiger partial charge in [0.15, 0.2) is 0 Å². The van der Waals surface area contributed by atoms with Gasteiger partial charge in [-0.2, -0.15) is 0 Å². The fourth-order valence-corrected chi connectivity index (χ4v) is 3.56. The average Bonchev–Trinajstić information content (AvgIpc) is 2.79. The van der Waals surface area contributed by atoms with Gasteiger partial charge in [-0.1, -0.05) is 41.7 Å². The van der Waals surface area contributed by atoms with Crippen LogP contribution in [0.15, 0.2) is 12.1 Å². The van der Waals surface area contributed by atoms with Crippen LogP contribution in [0.1, 0.15) is 29.5 Å².